The summed E-state index contributed by atoms with van der Waals surface area (Å²) in [6.45, 7) is 2.03. The van der Waals surface area contributed by atoms with E-state index in [1.165, 1.54) is 5.56 Å². The lowest BCUT2D eigenvalue weighted by Gasteiger charge is -2.24. The number of methoxy groups -OCH3 is 1. The maximum atomic E-state index is 13.0. The maximum absolute atomic E-state index is 13.0. The molecule has 2 atom stereocenters. The molecule has 26 heavy (non-hydrogen) atoms. The van der Waals surface area contributed by atoms with Crippen LogP contribution < -0.4 is 4.74 Å². The van der Waals surface area contributed by atoms with Crippen molar-refractivity contribution in [3.8, 4) is 5.75 Å². The molecule has 0 spiro atoms. The first-order valence-electron chi connectivity index (χ1n) is 8.96. The number of ether oxygens (including phenoxy) is 1. The van der Waals surface area contributed by atoms with Crippen LogP contribution in [0.15, 0.2) is 84.9 Å². The standard InChI is InChI=1S/C24H24O2/c1-18(24(25)21-11-7-4-8-12-21)23(17-19-9-5-3-6-10-19)20-13-15-22(26-2)16-14-20/h3-16,18,23H,17H2,1-2H3/t18-,23+/m1/s1. The van der Waals surface area contributed by atoms with Gasteiger partial charge >= 0.3 is 0 Å². The number of hydrogen-bond donors (Lipinski definition) is 0. The van der Waals surface area contributed by atoms with Crippen LogP contribution in [0.3, 0.4) is 0 Å². The summed E-state index contributed by atoms with van der Waals surface area (Å²) in [7, 11) is 1.66. The largest absolute Gasteiger partial charge is 0.497 e. The molecule has 0 amide bonds. The van der Waals surface area contributed by atoms with Crippen LogP contribution >= 0.6 is 0 Å². The number of carbonyl (C=O) groups excluding carboxylic acids is 1. The molecule has 3 rings (SSSR count). The molecule has 0 aromatic heterocycles. The number of hydrogen-bond acceptors (Lipinski definition) is 2. The van der Waals surface area contributed by atoms with Crippen LogP contribution in [-0.4, -0.2) is 12.9 Å². The summed E-state index contributed by atoms with van der Waals surface area (Å²) in [6, 6.07) is 28.0. The Morgan fingerprint density at radius 3 is 2.00 bits per heavy atom. The van der Waals surface area contributed by atoms with Gasteiger partial charge in [-0.05, 0) is 35.6 Å². The van der Waals surface area contributed by atoms with Crippen molar-refractivity contribution in [1.82, 2.24) is 0 Å². The third-order valence-electron chi connectivity index (χ3n) is 4.92. The molecule has 0 unspecified atom stereocenters. The quantitative estimate of drug-likeness (QED) is 0.526. The molecule has 0 fully saturated rings. The van der Waals surface area contributed by atoms with Crippen LogP contribution in [0.4, 0.5) is 0 Å². The van der Waals surface area contributed by atoms with Crippen molar-refractivity contribution >= 4 is 5.78 Å². The number of benzene rings is 3. The molecule has 0 N–H and O–H groups in total. The van der Waals surface area contributed by atoms with Gasteiger partial charge < -0.3 is 4.74 Å². The van der Waals surface area contributed by atoms with E-state index in [2.05, 4.69) is 24.3 Å². The normalized spacial score (nSPS) is 13.0. The Kier molecular flexibility index (Phi) is 5.85. The molecule has 0 saturated heterocycles. The topological polar surface area (TPSA) is 26.3 Å². The van der Waals surface area contributed by atoms with Crippen LogP contribution in [0.1, 0.15) is 34.3 Å². The highest BCUT2D eigenvalue weighted by molar-refractivity contribution is 5.98. The van der Waals surface area contributed by atoms with Crippen LogP contribution in [-0.2, 0) is 6.42 Å². The Hall–Kier alpha value is -2.87. The molecule has 0 saturated carbocycles. The summed E-state index contributed by atoms with van der Waals surface area (Å²) < 4.78 is 5.28. The molecule has 3 aromatic rings. The summed E-state index contributed by atoms with van der Waals surface area (Å²) >= 11 is 0. The van der Waals surface area contributed by atoms with Gasteiger partial charge in [0.15, 0.2) is 5.78 Å². The van der Waals surface area contributed by atoms with E-state index in [0.29, 0.717) is 0 Å². The molecule has 0 radical (unpaired) electrons. The minimum absolute atomic E-state index is 0.107. The lowest BCUT2D eigenvalue weighted by Crippen LogP contribution is -2.21. The van der Waals surface area contributed by atoms with Crippen LogP contribution in [0.2, 0.25) is 0 Å². The van der Waals surface area contributed by atoms with E-state index in [4.69, 9.17) is 4.74 Å². The van der Waals surface area contributed by atoms with Crippen LogP contribution in [0.25, 0.3) is 0 Å². The zero-order valence-corrected chi connectivity index (χ0v) is 15.3. The average molecular weight is 344 g/mol. The molecule has 0 heterocycles. The minimum Gasteiger partial charge on any atom is -0.497 e. The Morgan fingerprint density at radius 1 is 0.846 bits per heavy atom. The third kappa shape index (κ3) is 4.20. The van der Waals surface area contributed by atoms with Gasteiger partial charge in [-0.1, -0.05) is 79.7 Å². The summed E-state index contributed by atoms with van der Waals surface area (Å²) in [5, 5.41) is 0. The third-order valence-corrected chi connectivity index (χ3v) is 4.92. The second kappa shape index (κ2) is 8.48. The predicted octanol–water partition coefficient (Wildman–Crippen LogP) is 5.54. The van der Waals surface area contributed by atoms with E-state index in [0.717, 1.165) is 23.3 Å². The minimum atomic E-state index is -0.119. The van der Waals surface area contributed by atoms with E-state index in [1.54, 1.807) is 7.11 Å². The molecular weight excluding hydrogens is 320 g/mol. The van der Waals surface area contributed by atoms with Gasteiger partial charge in [-0.15, -0.1) is 0 Å². The lowest BCUT2D eigenvalue weighted by atomic mass is 9.79. The second-order valence-corrected chi connectivity index (χ2v) is 6.59. The molecule has 3 aromatic carbocycles. The van der Waals surface area contributed by atoms with Crippen LogP contribution in [0.5, 0.6) is 5.75 Å². The molecule has 132 valence electrons. The highest BCUT2D eigenvalue weighted by atomic mass is 16.5. The summed E-state index contributed by atoms with van der Waals surface area (Å²) in [5.74, 6) is 0.999. The van der Waals surface area contributed by atoms with Gasteiger partial charge in [-0.3, -0.25) is 4.79 Å². The first-order valence-corrected chi connectivity index (χ1v) is 8.96. The van der Waals surface area contributed by atoms with E-state index >= 15 is 0 Å². The molecule has 0 aliphatic carbocycles. The number of rotatable bonds is 7. The number of carbonyl (C=O) groups is 1. The number of ketones is 1. The van der Waals surface area contributed by atoms with Crippen molar-refractivity contribution in [3.05, 3.63) is 102 Å². The van der Waals surface area contributed by atoms with E-state index < -0.39 is 0 Å². The first kappa shape index (κ1) is 17.9. The fourth-order valence-corrected chi connectivity index (χ4v) is 3.35. The monoisotopic (exact) mass is 344 g/mol. The smallest absolute Gasteiger partial charge is 0.166 e. The van der Waals surface area contributed by atoms with Crippen molar-refractivity contribution in [2.75, 3.05) is 7.11 Å². The lowest BCUT2D eigenvalue weighted by molar-refractivity contribution is 0.0911. The summed E-state index contributed by atoms with van der Waals surface area (Å²) in [4.78, 5) is 13.0. The SMILES string of the molecule is COc1ccc([C@@H](Cc2ccccc2)[C@@H](C)C(=O)c2ccccc2)cc1. The molecule has 0 aliphatic heterocycles. The second-order valence-electron chi connectivity index (χ2n) is 6.59. The van der Waals surface area contributed by atoms with Gasteiger partial charge in [0.05, 0.1) is 7.11 Å². The van der Waals surface area contributed by atoms with Crippen molar-refractivity contribution < 1.29 is 9.53 Å². The van der Waals surface area contributed by atoms with E-state index in [1.807, 2.05) is 67.6 Å². The Bertz CT molecular complexity index is 823. The zero-order valence-electron chi connectivity index (χ0n) is 15.3. The Balaban J connectivity index is 1.92. The van der Waals surface area contributed by atoms with Crippen molar-refractivity contribution in [3.63, 3.8) is 0 Å². The Morgan fingerprint density at radius 2 is 1.42 bits per heavy atom. The maximum Gasteiger partial charge on any atom is 0.166 e. The molecule has 0 bridgehead atoms. The van der Waals surface area contributed by atoms with Crippen molar-refractivity contribution in [2.24, 2.45) is 5.92 Å². The first-order chi connectivity index (χ1) is 12.7. The van der Waals surface area contributed by atoms with Crippen molar-refractivity contribution in [1.29, 1.82) is 0 Å². The summed E-state index contributed by atoms with van der Waals surface area (Å²) in [6.07, 6.45) is 0.826. The molecule has 0 aliphatic rings. The predicted molar refractivity (Wildman–Crippen MR) is 106 cm³/mol. The molecule has 2 nitrogen and oxygen atoms in total. The highest BCUT2D eigenvalue weighted by Gasteiger charge is 2.26. The van der Waals surface area contributed by atoms with Gasteiger partial charge in [-0.25, -0.2) is 0 Å². The fraction of sp³-hybridized carbons (Fsp3) is 0.208. The van der Waals surface area contributed by atoms with Crippen LogP contribution in [0, 0.1) is 5.92 Å². The molecular formula is C24H24O2. The molecule has 2 heteroatoms. The Labute approximate surface area is 155 Å². The van der Waals surface area contributed by atoms with E-state index in [9.17, 15) is 4.79 Å². The highest BCUT2D eigenvalue weighted by Crippen LogP contribution is 2.32. The fourth-order valence-electron chi connectivity index (χ4n) is 3.35. The average Bonchev–Trinajstić information content (AvgIpc) is 2.72. The van der Waals surface area contributed by atoms with Gasteiger partial charge in [-0.2, -0.15) is 0 Å². The van der Waals surface area contributed by atoms with Gasteiger partial charge in [0.25, 0.3) is 0 Å². The van der Waals surface area contributed by atoms with Crippen molar-refractivity contribution in [2.45, 2.75) is 19.3 Å². The van der Waals surface area contributed by atoms with Gasteiger partial charge in [0.1, 0.15) is 5.75 Å². The number of Topliss-reactive ketones (excluding diaryl/α,β-unsaturated/α-hetero) is 1. The summed E-state index contributed by atoms with van der Waals surface area (Å²) in [5.41, 5.74) is 3.17. The van der Waals surface area contributed by atoms with E-state index in [-0.39, 0.29) is 17.6 Å². The van der Waals surface area contributed by atoms with Gasteiger partial charge in [0.2, 0.25) is 0 Å². The zero-order chi connectivity index (χ0) is 18.4. The van der Waals surface area contributed by atoms with Gasteiger partial charge in [0, 0.05) is 11.5 Å².